The minimum atomic E-state index is -1.60. The highest BCUT2D eigenvalue weighted by Gasteiger charge is 2.54. The lowest BCUT2D eigenvalue weighted by Crippen LogP contribution is -2.38. The maximum Gasteiger partial charge on any atom is 0.166 e. The smallest absolute Gasteiger partial charge is 0.166 e. The van der Waals surface area contributed by atoms with E-state index in [2.05, 4.69) is 46.4 Å². The first-order valence-electron chi connectivity index (χ1n) is 12.2. The third-order valence-corrected chi connectivity index (χ3v) is 8.39. The minimum Gasteiger partial charge on any atom is -0.393 e. The van der Waals surface area contributed by atoms with Crippen LogP contribution in [0.2, 0.25) is 0 Å². The van der Waals surface area contributed by atoms with Gasteiger partial charge in [-0.15, -0.1) is 0 Å². The van der Waals surface area contributed by atoms with Crippen LogP contribution in [0.25, 0.3) is 0 Å². The van der Waals surface area contributed by atoms with Crippen LogP contribution >= 0.6 is 0 Å². The fourth-order valence-electron chi connectivity index (χ4n) is 6.76. The molecule has 0 heterocycles. The van der Waals surface area contributed by atoms with Gasteiger partial charge in [-0.25, -0.2) is 0 Å². The average Bonchev–Trinajstić information content (AvgIpc) is 2.92. The van der Waals surface area contributed by atoms with Crippen molar-refractivity contribution in [3.63, 3.8) is 0 Å². The van der Waals surface area contributed by atoms with Gasteiger partial charge in [0.25, 0.3) is 0 Å². The molecule has 5 atom stereocenters. The Morgan fingerprint density at radius 1 is 1.10 bits per heavy atom. The van der Waals surface area contributed by atoms with Crippen molar-refractivity contribution in [2.75, 3.05) is 0 Å². The Hall–Kier alpha value is -0.900. The number of rotatable bonds is 6. The standard InChI is InChI=1S/C27H44O3/c1-18(2)8-6-9-20(4)25-24(28)16-23-21(10-7-14-26(23,25)5)11-12-22-17-27(29,30)15-13-19(22)3/h11-12,18,20,23-25,28-30H,3,6-10,13-17H2,1-2,4-5H3/b21-11+,22-12-/t20-,23+,24?,25+,26-/m1/s1. The molecule has 3 nitrogen and oxygen atoms in total. The first-order chi connectivity index (χ1) is 14.0. The van der Waals surface area contributed by atoms with Gasteiger partial charge in [0.1, 0.15) is 0 Å². The van der Waals surface area contributed by atoms with Crippen molar-refractivity contribution in [3.05, 3.63) is 35.5 Å². The van der Waals surface area contributed by atoms with Crippen molar-refractivity contribution >= 4 is 0 Å². The molecule has 0 spiro atoms. The predicted molar refractivity (Wildman–Crippen MR) is 124 cm³/mol. The Morgan fingerprint density at radius 2 is 1.83 bits per heavy atom. The predicted octanol–water partition coefficient (Wildman–Crippen LogP) is 5.91. The van der Waals surface area contributed by atoms with Crippen molar-refractivity contribution in [1.82, 2.24) is 0 Å². The van der Waals surface area contributed by atoms with E-state index < -0.39 is 5.79 Å². The Bertz CT molecular complexity index is 686. The van der Waals surface area contributed by atoms with Gasteiger partial charge in [0.15, 0.2) is 5.79 Å². The van der Waals surface area contributed by atoms with Crippen LogP contribution in [0.5, 0.6) is 0 Å². The number of hydrogen-bond donors (Lipinski definition) is 3. The lowest BCUT2D eigenvalue weighted by atomic mass is 9.60. The van der Waals surface area contributed by atoms with E-state index in [9.17, 15) is 15.3 Å². The summed E-state index contributed by atoms with van der Waals surface area (Å²) in [7, 11) is 0. The van der Waals surface area contributed by atoms with Gasteiger partial charge < -0.3 is 15.3 Å². The molecule has 3 fully saturated rings. The Labute approximate surface area is 184 Å². The summed E-state index contributed by atoms with van der Waals surface area (Å²) >= 11 is 0. The molecule has 1 unspecified atom stereocenters. The molecule has 0 aromatic carbocycles. The highest BCUT2D eigenvalue weighted by molar-refractivity contribution is 5.37. The van der Waals surface area contributed by atoms with E-state index in [1.54, 1.807) is 0 Å². The van der Waals surface area contributed by atoms with Crippen molar-refractivity contribution in [1.29, 1.82) is 0 Å². The molecule has 0 radical (unpaired) electrons. The number of aliphatic hydroxyl groups excluding tert-OH is 1. The van der Waals surface area contributed by atoms with Crippen LogP contribution in [0, 0.1) is 29.1 Å². The summed E-state index contributed by atoms with van der Waals surface area (Å²) < 4.78 is 0. The normalized spacial score (nSPS) is 37.7. The van der Waals surface area contributed by atoms with Gasteiger partial charge in [-0.2, -0.15) is 0 Å². The number of hydrogen-bond acceptors (Lipinski definition) is 3. The summed E-state index contributed by atoms with van der Waals surface area (Å²) in [6.45, 7) is 13.5. The average molecular weight is 417 g/mol. The molecule has 0 bridgehead atoms. The second-order valence-corrected chi connectivity index (χ2v) is 11.2. The number of allylic oxidation sites excluding steroid dienone is 4. The van der Waals surface area contributed by atoms with Crippen LogP contribution in [0.1, 0.15) is 91.9 Å². The van der Waals surface area contributed by atoms with Crippen molar-refractivity contribution in [2.24, 2.45) is 29.1 Å². The fraction of sp³-hybridized carbons (Fsp3) is 0.778. The summed E-state index contributed by atoms with van der Waals surface area (Å²) in [5.74, 6) is 0.497. The molecular weight excluding hydrogens is 372 g/mol. The quantitative estimate of drug-likeness (QED) is 0.472. The molecule has 3 N–H and O–H groups in total. The molecule has 0 aromatic heterocycles. The van der Waals surface area contributed by atoms with Gasteiger partial charge in [-0.1, -0.05) is 76.8 Å². The number of fused-ring (bicyclic) bond motifs is 1. The first kappa shape index (κ1) is 23.8. The lowest BCUT2D eigenvalue weighted by Gasteiger charge is -2.44. The van der Waals surface area contributed by atoms with Crippen molar-refractivity contribution in [2.45, 2.75) is 104 Å². The largest absolute Gasteiger partial charge is 0.393 e. The van der Waals surface area contributed by atoms with E-state index in [1.807, 2.05) is 0 Å². The van der Waals surface area contributed by atoms with Gasteiger partial charge in [0, 0.05) is 12.8 Å². The molecular formula is C27H44O3. The molecule has 0 aliphatic heterocycles. The van der Waals surface area contributed by atoms with E-state index >= 15 is 0 Å². The van der Waals surface area contributed by atoms with Gasteiger partial charge >= 0.3 is 0 Å². The Kier molecular flexibility index (Phi) is 7.37. The molecule has 0 aromatic rings. The van der Waals surface area contributed by atoms with Gasteiger partial charge in [-0.05, 0) is 66.8 Å². The van der Waals surface area contributed by atoms with Crippen LogP contribution in [0.4, 0.5) is 0 Å². The Balaban J connectivity index is 1.77. The zero-order valence-corrected chi connectivity index (χ0v) is 19.7. The SMILES string of the molecule is C=C1CCC(O)(O)C/C1=C/C=C1\CCC[C@@]2(C)[C@@H]([C@H](C)CCCC(C)C)C(O)C[C@@H]12. The van der Waals surface area contributed by atoms with E-state index in [1.165, 1.54) is 37.7 Å². The Morgan fingerprint density at radius 3 is 2.53 bits per heavy atom. The fourth-order valence-corrected chi connectivity index (χ4v) is 6.76. The second kappa shape index (κ2) is 9.30. The molecule has 3 aliphatic rings. The van der Waals surface area contributed by atoms with Crippen molar-refractivity contribution in [3.8, 4) is 0 Å². The minimum absolute atomic E-state index is 0.167. The number of aliphatic hydroxyl groups is 3. The molecule has 30 heavy (non-hydrogen) atoms. The monoisotopic (exact) mass is 416 g/mol. The van der Waals surface area contributed by atoms with Crippen molar-refractivity contribution < 1.29 is 15.3 Å². The summed E-state index contributed by atoms with van der Waals surface area (Å²) in [6.07, 6.45) is 13.4. The summed E-state index contributed by atoms with van der Waals surface area (Å²) in [5, 5.41) is 31.2. The van der Waals surface area contributed by atoms with Crippen LogP contribution < -0.4 is 0 Å². The highest BCUT2D eigenvalue weighted by Crippen LogP contribution is 2.60. The molecule has 3 aliphatic carbocycles. The van der Waals surface area contributed by atoms with Crippen LogP contribution in [-0.2, 0) is 0 Å². The van der Waals surface area contributed by atoms with E-state index in [-0.39, 0.29) is 17.9 Å². The van der Waals surface area contributed by atoms with Crippen LogP contribution in [0.15, 0.2) is 35.5 Å². The third-order valence-electron chi connectivity index (χ3n) is 8.39. The molecule has 0 amide bonds. The van der Waals surface area contributed by atoms with Gasteiger partial charge in [0.05, 0.1) is 6.10 Å². The van der Waals surface area contributed by atoms with E-state index in [0.29, 0.717) is 30.6 Å². The third kappa shape index (κ3) is 5.11. The molecule has 170 valence electrons. The zero-order valence-electron chi connectivity index (χ0n) is 19.7. The first-order valence-corrected chi connectivity index (χ1v) is 12.2. The summed E-state index contributed by atoms with van der Waals surface area (Å²) in [4.78, 5) is 0. The second-order valence-electron chi connectivity index (χ2n) is 11.2. The topological polar surface area (TPSA) is 60.7 Å². The van der Waals surface area contributed by atoms with Crippen LogP contribution in [0.3, 0.4) is 0 Å². The summed E-state index contributed by atoms with van der Waals surface area (Å²) in [5.41, 5.74) is 3.59. The van der Waals surface area contributed by atoms with E-state index in [4.69, 9.17) is 0 Å². The maximum absolute atomic E-state index is 11.1. The maximum atomic E-state index is 11.1. The van der Waals surface area contributed by atoms with Crippen LogP contribution in [-0.4, -0.2) is 27.2 Å². The lowest BCUT2D eigenvalue weighted by molar-refractivity contribution is -0.166. The molecule has 3 saturated carbocycles. The van der Waals surface area contributed by atoms with E-state index in [0.717, 1.165) is 29.9 Å². The summed E-state index contributed by atoms with van der Waals surface area (Å²) in [6, 6.07) is 0. The zero-order chi connectivity index (χ0) is 22.1. The molecule has 3 rings (SSSR count). The van der Waals surface area contributed by atoms with Gasteiger partial charge in [-0.3, -0.25) is 0 Å². The molecule has 0 saturated heterocycles. The molecule has 3 heteroatoms. The van der Waals surface area contributed by atoms with Gasteiger partial charge in [0.2, 0.25) is 0 Å². The highest BCUT2D eigenvalue weighted by atomic mass is 16.5.